The highest BCUT2D eigenvalue weighted by Gasteiger charge is 1.91. The third-order valence-electron chi connectivity index (χ3n) is 1.10. The van der Waals surface area contributed by atoms with E-state index < -0.39 is 0 Å². The third kappa shape index (κ3) is 6.90. The molecule has 0 aromatic heterocycles. The molecule has 64 valence electrons. The van der Waals surface area contributed by atoms with Crippen LogP contribution in [0.1, 0.15) is 26.7 Å². The summed E-state index contributed by atoms with van der Waals surface area (Å²) in [6.07, 6.45) is 5.45. The van der Waals surface area contributed by atoms with E-state index in [9.17, 15) is 4.79 Å². The summed E-state index contributed by atoms with van der Waals surface area (Å²) in [4.78, 5) is 10.8. The largest absolute Gasteiger partial charge is 0.338 e. The molecule has 0 bridgehead atoms. The van der Waals surface area contributed by atoms with Gasteiger partial charge in [0.1, 0.15) is 0 Å². The quantitative estimate of drug-likeness (QED) is 0.638. The zero-order chi connectivity index (χ0) is 8.53. The lowest BCUT2D eigenvalue weighted by Gasteiger charge is -2.00. The van der Waals surface area contributed by atoms with Crippen LogP contribution in [0.15, 0.2) is 12.3 Å². The normalized spacial score (nSPS) is 10.0. The van der Waals surface area contributed by atoms with Gasteiger partial charge in [0.05, 0.1) is 0 Å². The summed E-state index contributed by atoms with van der Waals surface area (Å²) in [7, 11) is 0. The Morgan fingerprint density at radius 3 is 2.73 bits per heavy atom. The Morgan fingerprint density at radius 1 is 1.45 bits per heavy atom. The Hall–Kier alpha value is -0.990. The molecule has 0 radical (unpaired) electrons. The van der Waals surface area contributed by atoms with Gasteiger partial charge >= 0.3 is 6.03 Å². The number of nitrogens with one attached hydrogen (secondary N) is 2. The van der Waals surface area contributed by atoms with Crippen molar-refractivity contribution in [3.8, 4) is 0 Å². The topological polar surface area (TPSA) is 41.1 Å². The minimum Gasteiger partial charge on any atom is -0.338 e. The van der Waals surface area contributed by atoms with E-state index in [1.54, 1.807) is 6.20 Å². The van der Waals surface area contributed by atoms with Gasteiger partial charge in [0, 0.05) is 12.7 Å². The number of urea groups is 1. The zero-order valence-electron chi connectivity index (χ0n) is 7.18. The van der Waals surface area contributed by atoms with Crippen molar-refractivity contribution in [2.45, 2.75) is 26.7 Å². The molecule has 0 spiro atoms. The van der Waals surface area contributed by atoms with Gasteiger partial charge in [-0.05, 0) is 12.8 Å². The molecule has 2 N–H and O–H groups in total. The Morgan fingerprint density at radius 2 is 2.18 bits per heavy atom. The average Bonchev–Trinajstić information content (AvgIpc) is 2.01. The molecule has 0 aliphatic rings. The molecule has 0 saturated carbocycles. The third-order valence-corrected chi connectivity index (χ3v) is 1.10. The first-order valence-corrected chi connectivity index (χ1v) is 4.00. The van der Waals surface area contributed by atoms with Crippen LogP contribution in [-0.2, 0) is 0 Å². The van der Waals surface area contributed by atoms with E-state index in [1.165, 1.54) is 0 Å². The van der Waals surface area contributed by atoms with Crippen LogP contribution in [-0.4, -0.2) is 12.6 Å². The van der Waals surface area contributed by atoms with Crippen LogP contribution < -0.4 is 10.6 Å². The number of amides is 2. The molecule has 0 aromatic carbocycles. The lowest BCUT2D eigenvalue weighted by molar-refractivity contribution is 0.244. The molecule has 0 aliphatic carbocycles. The van der Waals surface area contributed by atoms with E-state index in [0.717, 1.165) is 19.4 Å². The van der Waals surface area contributed by atoms with Gasteiger partial charge in [0.15, 0.2) is 0 Å². The fourth-order valence-electron chi connectivity index (χ4n) is 0.542. The Bertz CT molecular complexity index is 132. The molecule has 3 nitrogen and oxygen atoms in total. The van der Waals surface area contributed by atoms with E-state index in [1.807, 2.05) is 19.9 Å². The zero-order valence-corrected chi connectivity index (χ0v) is 7.18. The van der Waals surface area contributed by atoms with Crippen molar-refractivity contribution in [2.24, 2.45) is 0 Å². The first-order chi connectivity index (χ1) is 5.31. The summed E-state index contributed by atoms with van der Waals surface area (Å²) in [5.74, 6) is 0. The van der Waals surface area contributed by atoms with Crippen molar-refractivity contribution in [1.82, 2.24) is 10.6 Å². The van der Waals surface area contributed by atoms with Gasteiger partial charge in [-0.25, -0.2) is 4.79 Å². The van der Waals surface area contributed by atoms with E-state index >= 15 is 0 Å². The van der Waals surface area contributed by atoms with Gasteiger partial charge in [-0.2, -0.15) is 0 Å². The van der Waals surface area contributed by atoms with E-state index in [4.69, 9.17) is 0 Å². The van der Waals surface area contributed by atoms with Gasteiger partial charge in [-0.3, -0.25) is 0 Å². The van der Waals surface area contributed by atoms with Crippen LogP contribution in [0.3, 0.4) is 0 Å². The molecule has 0 aliphatic heterocycles. The number of carbonyl (C=O) groups excluding carboxylic acids is 1. The summed E-state index contributed by atoms with van der Waals surface area (Å²) in [5.41, 5.74) is 0. The summed E-state index contributed by atoms with van der Waals surface area (Å²) < 4.78 is 0. The smallest absolute Gasteiger partial charge is 0.318 e. The number of hydrogen-bond donors (Lipinski definition) is 2. The Balaban J connectivity index is 3.29. The predicted molar refractivity (Wildman–Crippen MR) is 46.3 cm³/mol. The number of hydrogen-bond acceptors (Lipinski definition) is 1. The molecule has 0 aromatic rings. The highest BCUT2D eigenvalue weighted by Crippen LogP contribution is 1.76. The van der Waals surface area contributed by atoms with Gasteiger partial charge in [0.25, 0.3) is 0 Å². The van der Waals surface area contributed by atoms with E-state index in [0.29, 0.717) is 0 Å². The minimum absolute atomic E-state index is 0.128. The van der Waals surface area contributed by atoms with Crippen molar-refractivity contribution >= 4 is 6.03 Å². The molecular weight excluding hydrogens is 140 g/mol. The second-order valence-electron chi connectivity index (χ2n) is 2.21. The molecule has 0 saturated heterocycles. The highest BCUT2D eigenvalue weighted by molar-refractivity contribution is 5.74. The van der Waals surface area contributed by atoms with Crippen LogP contribution in [0.2, 0.25) is 0 Å². The van der Waals surface area contributed by atoms with E-state index in [2.05, 4.69) is 10.6 Å². The van der Waals surface area contributed by atoms with Crippen molar-refractivity contribution in [1.29, 1.82) is 0 Å². The Kier molecular flexibility index (Phi) is 6.48. The van der Waals surface area contributed by atoms with Gasteiger partial charge in [0.2, 0.25) is 0 Å². The van der Waals surface area contributed by atoms with Crippen LogP contribution in [0, 0.1) is 0 Å². The molecule has 0 heterocycles. The second kappa shape index (κ2) is 7.12. The maximum atomic E-state index is 10.8. The average molecular weight is 156 g/mol. The first kappa shape index (κ1) is 10.0. The maximum absolute atomic E-state index is 10.8. The standard InChI is InChI=1S/C8H16N2O/c1-3-5-7-10-8(11)9-6-4-2/h5,7H,3-4,6H2,1-2H3,(H2,9,10,11)/b7-5+. The van der Waals surface area contributed by atoms with Crippen molar-refractivity contribution < 1.29 is 4.79 Å². The Labute approximate surface area is 67.9 Å². The van der Waals surface area contributed by atoms with Crippen LogP contribution in [0.25, 0.3) is 0 Å². The molecule has 0 fully saturated rings. The van der Waals surface area contributed by atoms with Crippen molar-refractivity contribution in [3.05, 3.63) is 12.3 Å². The molecule has 0 rings (SSSR count). The fourth-order valence-corrected chi connectivity index (χ4v) is 0.542. The summed E-state index contributed by atoms with van der Waals surface area (Å²) in [6, 6.07) is -0.128. The van der Waals surface area contributed by atoms with Crippen molar-refractivity contribution in [2.75, 3.05) is 6.54 Å². The number of allylic oxidation sites excluding steroid dienone is 1. The SMILES string of the molecule is CC/C=C/NC(=O)NCCC. The number of rotatable bonds is 4. The molecule has 2 amide bonds. The minimum atomic E-state index is -0.128. The van der Waals surface area contributed by atoms with Gasteiger partial charge < -0.3 is 10.6 Å². The first-order valence-electron chi connectivity index (χ1n) is 4.00. The molecule has 11 heavy (non-hydrogen) atoms. The summed E-state index contributed by atoms with van der Waals surface area (Å²) in [5, 5.41) is 5.28. The van der Waals surface area contributed by atoms with Gasteiger partial charge in [-0.15, -0.1) is 0 Å². The fraction of sp³-hybridized carbons (Fsp3) is 0.625. The predicted octanol–water partition coefficient (Wildman–Crippen LogP) is 1.62. The summed E-state index contributed by atoms with van der Waals surface area (Å²) >= 11 is 0. The van der Waals surface area contributed by atoms with Crippen LogP contribution in [0.4, 0.5) is 4.79 Å². The summed E-state index contributed by atoms with van der Waals surface area (Å²) in [6.45, 7) is 4.76. The van der Waals surface area contributed by atoms with Gasteiger partial charge in [-0.1, -0.05) is 19.9 Å². The molecule has 3 heteroatoms. The van der Waals surface area contributed by atoms with Crippen molar-refractivity contribution in [3.63, 3.8) is 0 Å². The maximum Gasteiger partial charge on any atom is 0.318 e. The van der Waals surface area contributed by atoms with Crippen LogP contribution >= 0.6 is 0 Å². The highest BCUT2D eigenvalue weighted by atomic mass is 16.2. The van der Waals surface area contributed by atoms with E-state index in [-0.39, 0.29) is 6.03 Å². The molecular formula is C8H16N2O. The lowest BCUT2D eigenvalue weighted by atomic mass is 10.5. The molecule has 0 unspecified atom stereocenters. The number of carbonyl (C=O) groups is 1. The second-order valence-corrected chi connectivity index (χ2v) is 2.21. The molecule has 0 atom stereocenters. The lowest BCUT2D eigenvalue weighted by Crippen LogP contribution is -2.32. The van der Waals surface area contributed by atoms with Crippen LogP contribution in [0.5, 0.6) is 0 Å². The monoisotopic (exact) mass is 156 g/mol.